The summed E-state index contributed by atoms with van der Waals surface area (Å²) in [6, 6.07) is 16.2. The zero-order valence-corrected chi connectivity index (χ0v) is 16.5. The van der Waals surface area contributed by atoms with Crippen LogP contribution in [0.2, 0.25) is 0 Å². The largest absolute Gasteiger partial charge is 0.334 e. The number of hydrogen-bond donors (Lipinski definition) is 4. The van der Waals surface area contributed by atoms with Crippen LogP contribution in [-0.2, 0) is 16.1 Å². The standard InChI is InChI=1S/C22H26N4O3/c1-16(27)24-18-10-7-11-19(14-18)25-20(28)22(12-5-6-13-22)26-21(29)23-15-17-8-3-2-4-9-17/h2-4,7-11,14H,5-6,12-13,15H2,1H3,(H,24,27)(H,25,28)(H2,23,26,29). The highest BCUT2D eigenvalue weighted by Gasteiger charge is 2.42. The molecule has 0 unspecified atom stereocenters. The minimum atomic E-state index is -0.940. The molecule has 7 heteroatoms. The fraction of sp³-hybridized carbons (Fsp3) is 0.318. The molecule has 0 heterocycles. The van der Waals surface area contributed by atoms with Gasteiger partial charge in [-0.2, -0.15) is 0 Å². The Kier molecular flexibility index (Phi) is 6.49. The molecule has 0 aliphatic heterocycles. The van der Waals surface area contributed by atoms with Crippen LogP contribution in [-0.4, -0.2) is 23.4 Å². The molecule has 3 rings (SSSR count). The fourth-order valence-corrected chi connectivity index (χ4v) is 3.56. The number of nitrogens with one attached hydrogen (secondary N) is 4. The maximum atomic E-state index is 13.0. The number of carbonyl (C=O) groups excluding carboxylic acids is 3. The number of anilines is 2. The van der Waals surface area contributed by atoms with Gasteiger partial charge in [0.1, 0.15) is 5.54 Å². The second kappa shape index (κ2) is 9.23. The average Bonchev–Trinajstić information content (AvgIpc) is 3.17. The Bertz CT molecular complexity index is 877. The molecule has 1 aliphatic rings. The molecule has 7 nitrogen and oxygen atoms in total. The van der Waals surface area contributed by atoms with Crippen LogP contribution in [0.25, 0.3) is 0 Å². The van der Waals surface area contributed by atoms with Crippen molar-refractivity contribution < 1.29 is 14.4 Å². The van der Waals surface area contributed by atoms with Gasteiger partial charge in [0.2, 0.25) is 11.8 Å². The number of benzene rings is 2. The molecule has 0 radical (unpaired) electrons. The zero-order chi connectivity index (χ0) is 20.7. The summed E-state index contributed by atoms with van der Waals surface area (Å²) in [6.07, 6.45) is 2.92. The summed E-state index contributed by atoms with van der Waals surface area (Å²) in [5.74, 6) is -0.428. The Morgan fingerprint density at radius 3 is 2.21 bits per heavy atom. The maximum Gasteiger partial charge on any atom is 0.315 e. The third kappa shape index (κ3) is 5.57. The van der Waals surface area contributed by atoms with Gasteiger partial charge in [0.05, 0.1) is 0 Å². The van der Waals surface area contributed by atoms with Gasteiger partial charge in [-0.15, -0.1) is 0 Å². The van der Waals surface area contributed by atoms with Gasteiger partial charge in [-0.25, -0.2) is 4.79 Å². The lowest BCUT2D eigenvalue weighted by Gasteiger charge is -2.29. The van der Waals surface area contributed by atoms with E-state index in [1.165, 1.54) is 6.92 Å². The fourth-order valence-electron chi connectivity index (χ4n) is 3.56. The lowest BCUT2D eigenvalue weighted by molar-refractivity contribution is -0.121. The van der Waals surface area contributed by atoms with Crippen LogP contribution in [0.3, 0.4) is 0 Å². The molecular formula is C22H26N4O3. The summed E-state index contributed by atoms with van der Waals surface area (Å²) in [5.41, 5.74) is 1.22. The van der Waals surface area contributed by atoms with Crippen LogP contribution < -0.4 is 21.3 Å². The summed E-state index contributed by atoms with van der Waals surface area (Å²) in [6.45, 7) is 1.82. The van der Waals surface area contributed by atoms with E-state index >= 15 is 0 Å². The number of urea groups is 1. The van der Waals surface area contributed by atoms with Crippen LogP contribution in [0.1, 0.15) is 38.2 Å². The van der Waals surface area contributed by atoms with Gasteiger partial charge in [0.25, 0.3) is 0 Å². The zero-order valence-electron chi connectivity index (χ0n) is 16.5. The molecule has 0 atom stereocenters. The molecule has 1 fully saturated rings. The first-order chi connectivity index (χ1) is 14.0. The summed E-state index contributed by atoms with van der Waals surface area (Å²) >= 11 is 0. The van der Waals surface area contributed by atoms with E-state index in [-0.39, 0.29) is 17.8 Å². The quantitative estimate of drug-likeness (QED) is 0.604. The molecule has 4 amide bonds. The first-order valence-corrected chi connectivity index (χ1v) is 9.76. The van der Waals surface area contributed by atoms with Crippen molar-refractivity contribution in [2.75, 3.05) is 10.6 Å². The van der Waals surface area contributed by atoms with Gasteiger partial charge in [0.15, 0.2) is 0 Å². The summed E-state index contributed by atoms with van der Waals surface area (Å²) in [7, 11) is 0. The van der Waals surface area contributed by atoms with Gasteiger partial charge < -0.3 is 21.3 Å². The normalized spacial score (nSPS) is 14.7. The SMILES string of the molecule is CC(=O)Nc1cccc(NC(=O)C2(NC(=O)NCc3ccccc3)CCCC2)c1. The number of rotatable bonds is 6. The van der Waals surface area contributed by atoms with E-state index in [4.69, 9.17) is 0 Å². The summed E-state index contributed by atoms with van der Waals surface area (Å²) in [5, 5.41) is 11.3. The highest BCUT2D eigenvalue weighted by Crippen LogP contribution is 2.31. The topological polar surface area (TPSA) is 99.3 Å². The average molecular weight is 394 g/mol. The summed E-state index contributed by atoms with van der Waals surface area (Å²) in [4.78, 5) is 36.7. The molecule has 4 N–H and O–H groups in total. The van der Waals surface area contributed by atoms with Crippen molar-refractivity contribution in [3.05, 3.63) is 60.2 Å². The Morgan fingerprint density at radius 2 is 1.55 bits per heavy atom. The van der Waals surface area contributed by atoms with Crippen molar-refractivity contribution in [2.45, 2.75) is 44.7 Å². The Hall–Kier alpha value is -3.35. The number of amides is 4. The third-order valence-electron chi connectivity index (χ3n) is 4.98. The predicted octanol–water partition coefficient (Wildman–Crippen LogP) is 3.40. The Balaban J connectivity index is 1.64. The molecule has 2 aromatic rings. The van der Waals surface area contributed by atoms with E-state index in [1.54, 1.807) is 24.3 Å². The van der Waals surface area contributed by atoms with E-state index in [2.05, 4.69) is 21.3 Å². The van der Waals surface area contributed by atoms with Crippen molar-refractivity contribution in [3.8, 4) is 0 Å². The molecule has 29 heavy (non-hydrogen) atoms. The highest BCUT2D eigenvalue weighted by atomic mass is 16.2. The van der Waals surface area contributed by atoms with Gasteiger partial charge in [-0.05, 0) is 36.6 Å². The van der Waals surface area contributed by atoms with Crippen molar-refractivity contribution in [1.82, 2.24) is 10.6 Å². The predicted molar refractivity (Wildman–Crippen MR) is 112 cm³/mol. The molecule has 0 saturated heterocycles. The monoisotopic (exact) mass is 394 g/mol. The van der Waals surface area contributed by atoms with E-state index in [0.29, 0.717) is 30.8 Å². The Labute approximate surface area is 170 Å². The molecule has 1 aliphatic carbocycles. The van der Waals surface area contributed by atoms with Crippen LogP contribution >= 0.6 is 0 Å². The van der Waals surface area contributed by atoms with Crippen molar-refractivity contribution in [3.63, 3.8) is 0 Å². The Morgan fingerprint density at radius 1 is 0.897 bits per heavy atom. The highest BCUT2D eigenvalue weighted by molar-refractivity contribution is 6.01. The number of hydrogen-bond acceptors (Lipinski definition) is 3. The lowest BCUT2D eigenvalue weighted by atomic mass is 9.96. The minimum Gasteiger partial charge on any atom is -0.334 e. The minimum absolute atomic E-state index is 0.183. The van der Waals surface area contributed by atoms with E-state index < -0.39 is 5.54 Å². The van der Waals surface area contributed by atoms with Crippen LogP contribution in [0.5, 0.6) is 0 Å². The van der Waals surface area contributed by atoms with Gasteiger partial charge in [-0.1, -0.05) is 49.2 Å². The molecule has 0 aromatic heterocycles. The van der Waals surface area contributed by atoms with Crippen molar-refractivity contribution in [1.29, 1.82) is 0 Å². The van der Waals surface area contributed by atoms with E-state index in [1.807, 2.05) is 30.3 Å². The van der Waals surface area contributed by atoms with Crippen molar-refractivity contribution in [2.24, 2.45) is 0 Å². The molecule has 0 bridgehead atoms. The molecule has 1 saturated carbocycles. The smallest absolute Gasteiger partial charge is 0.315 e. The van der Waals surface area contributed by atoms with Gasteiger partial charge in [0, 0.05) is 24.8 Å². The molecule has 152 valence electrons. The second-order valence-electron chi connectivity index (χ2n) is 7.30. The first kappa shape index (κ1) is 20.4. The lowest BCUT2D eigenvalue weighted by Crippen LogP contribution is -2.57. The van der Waals surface area contributed by atoms with Gasteiger partial charge in [-0.3, -0.25) is 9.59 Å². The maximum absolute atomic E-state index is 13.0. The number of carbonyl (C=O) groups is 3. The van der Waals surface area contributed by atoms with E-state index in [9.17, 15) is 14.4 Å². The van der Waals surface area contributed by atoms with Gasteiger partial charge >= 0.3 is 6.03 Å². The van der Waals surface area contributed by atoms with Crippen molar-refractivity contribution >= 4 is 29.2 Å². The van der Waals surface area contributed by atoms with Crippen LogP contribution in [0.15, 0.2) is 54.6 Å². The first-order valence-electron chi connectivity index (χ1n) is 9.76. The van der Waals surface area contributed by atoms with Crippen LogP contribution in [0.4, 0.5) is 16.2 Å². The third-order valence-corrected chi connectivity index (χ3v) is 4.98. The second-order valence-corrected chi connectivity index (χ2v) is 7.30. The molecule has 2 aromatic carbocycles. The molecular weight excluding hydrogens is 368 g/mol. The van der Waals surface area contributed by atoms with Crippen LogP contribution in [0, 0.1) is 0 Å². The summed E-state index contributed by atoms with van der Waals surface area (Å²) < 4.78 is 0. The molecule has 0 spiro atoms. The van der Waals surface area contributed by atoms with E-state index in [0.717, 1.165) is 18.4 Å².